The van der Waals surface area contributed by atoms with Crippen molar-refractivity contribution in [2.45, 2.75) is 39.5 Å². The molecule has 5 nitrogen and oxygen atoms in total. The number of nitrogen functional groups attached to an aromatic ring is 2. The molecule has 1 aromatic rings. The molecule has 0 unspecified atom stereocenters. The molecule has 2 rings (SSSR count). The van der Waals surface area contributed by atoms with Crippen LogP contribution in [0.5, 0.6) is 0 Å². The number of anilines is 2. The van der Waals surface area contributed by atoms with Gasteiger partial charge in [-0.2, -0.15) is 0 Å². The number of amides is 1. The molecule has 0 radical (unpaired) electrons. The van der Waals surface area contributed by atoms with E-state index in [0.29, 0.717) is 24.5 Å². The van der Waals surface area contributed by atoms with Crippen LogP contribution in [0.3, 0.4) is 0 Å². The first-order chi connectivity index (χ1) is 8.28. The van der Waals surface area contributed by atoms with Crippen molar-refractivity contribution in [2.75, 3.05) is 11.5 Å². The Bertz CT molecular complexity index is 461. The number of ether oxygens (including phenoxy) is 1. The van der Waals surface area contributed by atoms with E-state index in [1.54, 1.807) is 17.0 Å². The van der Waals surface area contributed by atoms with Crippen molar-refractivity contribution in [2.24, 2.45) is 0 Å². The smallest absolute Gasteiger partial charge is 0.410 e. The fourth-order valence-electron chi connectivity index (χ4n) is 2.00. The number of hydrogen-bond donors (Lipinski definition) is 2. The molecule has 1 aliphatic heterocycles. The SMILES string of the molecule is CC(C)(C)OC(=O)N1Cc2c(N)ccc(N)c2C1. The minimum atomic E-state index is -0.497. The van der Waals surface area contributed by atoms with Crippen LogP contribution in [0.25, 0.3) is 0 Å². The highest BCUT2D eigenvalue weighted by Gasteiger charge is 2.29. The molecular weight excluding hydrogens is 230 g/mol. The Kier molecular flexibility index (Phi) is 2.84. The van der Waals surface area contributed by atoms with Crippen molar-refractivity contribution in [3.63, 3.8) is 0 Å². The number of rotatable bonds is 0. The number of benzene rings is 1. The maximum absolute atomic E-state index is 12.0. The Morgan fingerprint density at radius 1 is 1.17 bits per heavy atom. The first-order valence-electron chi connectivity index (χ1n) is 5.91. The van der Waals surface area contributed by atoms with Gasteiger partial charge < -0.3 is 16.2 Å². The van der Waals surface area contributed by atoms with Gasteiger partial charge in [-0.3, -0.25) is 4.90 Å². The van der Waals surface area contributed by atoms with E-state index in [0.717, 1.165) is 11.1 Å². The van der Waals surface area contributed by atoms with Gasteiger partial charge in [0.1, 0.15) is 5.60 Å². The van der Waals surface area contributed by atoms with E-state index < -0.39 is 5.60 Å². The monoisotopic (exact) mass is 249 g/mol. The molecule has 98 valence electrons. The fraction of sp³-hybridized carbons (Fsp3) is 0.462. The predicted octanol–water partition coefficient (Wildman–Crippen LogP) is 2.10. The molecule has 1 aromatic carbocycles. The zero-order chi connectivity index (χ0) is 13.5. The van der Waals surface area contributed by atoms with Gasteiger partial charge in [-0.1, -0.05) is 0 Å². The lowest BCUT2D eigenvalue weighted by Gasteiger charge is -2.24. The number of fused-ring (bicyclic) bond motifs is 1. The maximum Gasteiger partial charge on any atom is 0.410 e. The standard InChI is InChI=1S/C13H19N3O2/c1-13(2,3)18-12(17)16-6-8-9(7-16)11(15)5-4-10(8)14/h4-5H,6-7,14-15H2,1-3H3. The second-order valence-electron chi connectivity index (χ2n) is 5.54. The van der Waals surface area contributed by atoms with E-state index in [-0.39, 0.29) is 6.09 Å². The summed E-state index contributed by atoms with van der Waals surface area (Å²) in [4.78, 5) is 13.6. The molecule has 0 aromatic heterocycles. The molecule has 0 saturated heterocycles. The summed E-state index contributed by atoms with van der Waals surface area (Å²) in [5.41, 5.74) is 14.5. The van der Waals surface area contributed by atoms with Gasteiger partial charge in [0.15, 0.2) is 0 Å². The Balaban J connectivity index is 2.18. The summed E-state index contributed by atoms with van der Waals surface area (Å²) < 4.78 is 5.34. The third kappa shape index (κ3) is 2.34. The Morgan fingerprint density at radius 2 is 1.61 bits per heavy atom. The van der Waals surface area contributed by atoms with Crippen molar-refractivity contribution in [1.82, 2.24) is 4.90 Å². The molecule has 18 heavy (non-hydrogen) atoms. The molecule has 0 aliphatic carbocycles. The quantitative estimate of drug-likeness (QED) is 0.690. The molecule has 4 N–H and O–H groups in total. The van der Waals surface area contributed by atoms with Gasteiger partial charge in [-0.05, 0) is 32.9 Å². The lowest BCUT2D eigenvalue weighted by Crippen LogP contribution is -2.33. The van der Waals surface area contributed by atoms with Crippen LogP contribution >= 0.6 is 0 Å². The van der Waals surface area contributed by atoms with Gasteiger partial charge in [-0.15, -0.1) is 0 Å². The molecule has 0 bridgehead atoms. The van der Waals surface area contributed by atoms with Crippen LogP contribution in [0.2, 0.25) is 0 Å². The molecule has 0 atom stereocenters. The normalized spacial score (nSPS) is 14.5. The molecule has 0 spiro atoms. The number of hydrogen-bond acceptors (Lipinski definition) is 4. The van der Waals surface area contributed by atoms with Gasteiger partial charge in [0, 0.05) is 22.5 Å². The second kappa shape index (κ2) is 4.08. The fourth-order valence-corrected chi connectivity index (χ4v) is 2.00. The van der Waals surface area contributed by atoms with Gasteiger partial charge in [0.2, 0.25) is 0 Å². The first kappa shape index (κ1) is 12.5. The molecular formula is C13H19N3O2. The minimum absolute atomic E-state index is 0.336. The Hall–Kier alpha value is -1.91. The van der Waals surface area contributed by atoms with Gasteiger partial charge in [0.25, 0.3) is 0 Å². The van der Waals surface area contributed by atoms with Crippen LogP contribution in [0.15, 0.2) is 12.1 Å². The van der Waals surface area contributed by atoms with Crippen molar-refractivity contribution < 1.29 is 9.53 Å². The van der Waals surface area contributed by atoms with Crippen LogP contribution in [-0.2, 0) is 17.8 Å². The van der Waals surface area contributed by atoms with Crippen molar-refractivity contribution >= 4 is 17.5 Å². The van der Waals surface area contributed by atoms with Gasteiger partial charge in [0.05, 0.1) is 13.1 Å². The predicted molar refractivity (Wildman–Crippen MR) is 70.7 cm³/mol. The highest BCUT2D eigenvalue weighted by molar-refractivity contribution is 5.73. The van der Waals surface area contributed by atoms with Crippen LogP contribution in [-0.4, -0.2) is 16.6 Å². The highest BCUT2D eigenvalue weighted by atomic mass is 16.6. The van der Waals surface area contributed by atoms with Crippen LogP contribution in [0.4, 0.5) is 16.2 Å². The number of nitrogens with zero attached hydrogens (tertiary/aromatic N) is 1. The highest BCUT2D eigenvalue weighted by Crippen LogP contribution is 2.32. The lowest BCUT2D eigenvalue weighted by atomic mass is 10.1. The summed E-state index contributed by atoms with van der Waals surface area (Å²) in [7, 11) is 0. The second-order valence-corrected chi connectivity index (χ2v) is 5.54. The molecule has 1 heterocycles. The summed E-state index contributed by atoms with van der Waals surface area (Å²) in [6.45, 7) is 6.45. The maximum atomic E-state index is 12.0. The van der Waals surface area contributed by atoms with Crippen LogP contribution < -0.4 is 11.5 Å². The van der Waals surface area contributed by atoms with E-state index in [1.807, 2.05) is 20.8 Å². The number of carbonyl (C=O) groups excluding carboxylic acids is 1. The summed E-state index contributed by atoms with van der Waals surface area (Å²) in [6.07, 6.45) is -0.336. The van der Waals surface area contributed by atoms with Crippen LogP contribution in [0.1, 0.15) is 31.9 Å². The zero-order valence-electron chi connectivity index (χ0n) is 11.0. The number of nitrogens with two attached hydrogens (primary N) is 2. The molecule has 0 fully saturated rings. The average Bonchev–Trinajstić information content (AvgIpc) is 2.67. The minimum Gasteiger partial charge on any atom is -0.444 e. The summed E-state index contributed by atoms with van der Waals surface area (Å²) in [5, 5.41) is 0. The third-order valence-electron chi connectivity index (χ3n) is 2.85. The van der Waals surface area contributed by atoms with Gasteiger partial charge in [-0.25, -0.2) is 4.79 Å². The Labute approximate surface area is 107 Å². The summed E-state index contributed by atoms with van der Waals surface area (Å²) >= 11 is 0. The molecule has 5 heteroatoms. The van der Waals surface area contributed by atoms with E-state index in [9.17, 15) is 4.79 Å². The van der Waals surface area contributed by atoms with E-state index in [2.05, 4.69) is 0 Å². The van der Waals surface area contributed by atoms with Crippen LogP contribution in [0, 0.1) is 0 Å². The van der Waals surface area contributed by atoms with E-state index >= 15 is 0 Å². The topological polar surface area (TPSA) is 81.6 Å². The summed E-state index contributed by atoms with van der Waals surface area (Å²) in [5.74, 6) is 0. The first-order valence-corrected chi connectivity index (χ1v) is 5.91. The molecule has 1 amide bonds. The Morgan fingerprint density at radius 3 is 2.00 bits per heavy atom. The van der Waals surface area contributed by atoms with Crippen molar-refractivity contribution in [3.8, 4) is 0 Å². The number of carbonyl (C=O) groups is 1. The zero-order valence-corrected chi connectivity index (χ0v) is 11.0. The van der Waals surface area contributed by atoms with Crippen molar-refractivity contribution in [3.05, 3.63) is 23.3 Å². The van der Waals surface area contributed by atoms with E-state index in [4.69, 9.17) is 16.2 Å². The average molecular weight is 249 g/mol. The summed E-state index contributed by atoms with van der Waals surface area (Å²) in [6, 6.07) is 3.54. The third-order valence-corrected chi connectivity index (χ3v) is 2.85. The molecule has 1 aliphatic rings. The lowest BCUT2D eigenvalue weighted by molar-refractivity contribution is 0.0242. The van der Waals surface area contributed by atoms with Gasteiger partial charge >= 0.3 is 6.09 Å². The largest absolute Gasteiger partial charge is 0.444 e. The molecule has 0 saturated carbocycles. The van der Waals surface area contributed by atoms with Crippen molar-refractivity contribution in [1.29, 1.82) is 0 Å². The van der Waals surface area contributed by atoms with E-state index in [1.165, 1.54) is 0 Å².